The second-order valence-electron chi connectivity index (χ2n) is 7.50. The van der Waals surface area contributed by atoms with E-state index >= 15 is 0 Å². The maximum Gasteiger partial charge on any atom is 0.0864 e. The molecule has 5 heterocycles. The van der Waals surface area contributed by atoms with Gasteiger partial charge in [0.05, 0.1) is 4.83 Å². The van der Waals surface area contributed by atoms with E-state index < -0.39 is 0 Å². The molecule has 0 aliphatic heterocycles. The van der Waals surface area contributed by atoms with Crippen molar-refractivity contribution >= 4 is 70.4 Å². The molecule has 5 aromatic heterocycles. The quantitative estimate of drug-likeness (QED) is 0.187. The van der Waals surface area contributed by atoms with Crippen molar-refractivity contribution in [2.75, 3.05) is 0 Å². The van der Waals surface area contributed by atoms with Gasteiger partial charge in [0, 0.05) is 76.9 Å². The summed E-state index contributed by atoms with van der Waals surface area (Å²) in [7, 11) is 0. The van der Waals surface area contributed by atoms with Crippen molar-refractivity contribution in [3.63, 3.8) is 0 Å². The van der Waals surface area contributed by atoms with Crippen LogP contribution in [0.15, 0.2) is 66.3 Å². The Morgan fingerprint density at radius 1 is 1.03 bits per heavy atom. The number of nitrogens with zero attached hydrogens (tertiary/aromatic N) is 3. The van der Waals surface area contributed by atoms with Gasteiger partial charge in [-0.3, -0.25) is 0 Å². The number of aryl methyl sites for hydroxylation is 1. The van der Waals surface area contributed by atoms with Crippen LogP contribution in [0.1, 0.15) is 6.92 Å². The van der Waals surface area contributed by atoms with E-state index in [-0.39, 0.29) is 20.1 Å². The molecule has 1 radical (unpaired) electrons. The molecule has 0 bridgehead atoms. The van der Waals surface area contributed by atoms with Crippen LogP contribution in [0.25, 0.3) is 58.2 Å². The Kier molecular flexibility index (Phi) is 4.34. The molecule has 0 spiro atoms. The number of pyridine rings is 1. The molecule has 0 saturated carbocycles. The summed E-state index contributed by atoms with van der Waals surface area (Å²) in [6.45, 7) is 3.18. The number of thiophene rings is 2. The summed E-state index contributed by atoms with van der Waals surface area (Å²) in [5.41, 5.74) is 4.90. The van der Waals surface area contributed by atoms with Gasteiger partial charge in [-0.2, -0.15) is 6.07 Å². The summed E-state index contributed by atoms with van der Waals surface area (Å²) in [6.07, 6.45) is 3.95. The van der Waals surface area contributed by atoms with Gasteiger partial charge in [-0.05, 0) is 30.5 Å². The van der Waals surface area contributed by atoms with Crippen LogP contribution in [0.3, 0.4) is 0 Å². The van der Waals surface area contributed by atoms with Crippen LogP contribution in [0, 0.1) is 6.07 Å². The van der Waals surface area contributed by atoms with E-state index in [0.29, 0.717) is 0 Å². The van der Waals surface area contributed by atoms with E-state index in [1.165, 1.54) is 47.2 Å². The first kappa shape index (κ1) is 19.2. The number of fused-ring (bicyclic) bond motifs is 9. The van der Waals surface area contributed by atoms with Gasteiger partial charge >= 0.3 is 0 Å². The zero-order valence-corrected chi connectivity index (χ0v) is 20.6. The van der Waals surface area contributed by atoms with Crippen LogP contribution in [0.2, 0.25) is 0 Å². The van der Waals surface area contributed by atoms with Gasteiger partial charge in [-0.1, -0.05) is 40.4 Å². The van der Waals surface area contributed by atoms with Gasteiger partial charge < -0.3 is 14.0 Å². The molecule has 31 heavy (non-hydrogen) atoms. The summed E-state index contributed by atoms with van der Waals surface area (Å²) in [5.74, 6) is 0. The summed E-state index contributed by atoms with van der Waals surface area (Å²) >= 11 is 3.60. The number of aromatic nitrogens is 3. The summed E-state index contributed by atoms with van der Waals surface area (Å²) in [4.78, 5) is 7.14. The zero-order valence-electron chi connectivity index (χ0n) is 16.5. The average Bonchev–Trinajstić information content (AvgIpc) is 3.56. The van der Waals surface area contributed by atoms with Gasteiger partial charge in [0.25, 0.3) is 0 Å². The molecular formula is C25H16IrN3S2-. The molecule has 0 amide bonds. The van der Waals surface area contributed by atoms with Crippen molar-refractivity contribution in [3.05, 3.63) is 72.4 Å². The molecule has 0 fully saturated rings. The predicted octanol–water partition coefficient (Wildman–Crippen LogP) is 7.36. The van der Waals surface area contributed by atoms with Crippen molar-refractivity contribution in [1.29, 1.82) is 0 Å². The third kappa shape index (κ3) is 2.50. The van der Waals surface area contributed by atoms with E-state index in [9.17, 15) is 0 Å². The molecule has 153 valence electrons. The molecule has 7 aromatic rings. The summed E-state index contributed by atoms with van der Waals surface area (Å²) < 4.78 is 5.90. The zero-order chi connectivity index (χ0) is 19.8. The minimum atomic E-state index is 0. The molecule has 0 aliphatic carbocycles. The third-order valence-corrected chi connectivity index (χ3v) is 8.09. The van der Waals surface area contributed by atoms with Crippen molar-refractivity contribution in [3.8, 4) is 10.4 Å². The first-order valence-corrected chi connectivity index (χ1v) is 11.7. The van der Waals surface area contributed by atoms with E-state index in [0.717, 1.165) is 17.6 Å². The van der Waals surface area contributed by atoms with Crippen molar-refractivity contribution in [1.82, 2.24) is 14.0 Å². The minimum absolute atomic E-state index is 0. The molecule has 6 heteroatoms. The molecule has 0 N–H and O–H groups in total. The Morgan fingerprint density at radius 3 is 2.81 bits per heavy atom. The van der Waals surface area contributed by atoms with Crippen LogP contribution >= 0.6 is 22.7 Å². The van der Waals surface area contributed by atoms with E-state index in [4.69, 9.17) is 0 Å². The molecule has 0 saturated heterocycles. The fourth-order valence-electron chi connectivity index (χ4n) is 4.79. The number of benzene rings is 2. The Balaban J connectivity index is 0.00000185. The topological polar surface area (TPSA) is 22.2 Å². The third-order valence-electron chi connectivity index (χ3n) is 6.03. The SMILES string of the molecule is CCn1c2ccccc2c2c(-c3cc4c5sc[c-]c5c5nccn5c4s3)cccc21.[Ir]. The Labute approximate surface area is 199 Å². The number of para-hydroxylation sites is 1. The van der Waals surface area contributed by atoms with Crippen molar-refractivity contribution < 1.29 is 20.1 Å². The second kappa shape index (κ2) is 7.01. The van der Waals surface area contributed by atoms with E-state index in [2.05, 4.69) is 81.7 Å². The molecule has 0 unspecified atom stereocenters. The molecule has 0 atom stereocenters. The molecule has 2 aromatic carbocycles. The number of hydrogen-bond donors (Lipinski definition) is 0. The second-order valence-corrected chi connectivity index (χ2v) is 9.41. The maximum atomic E-state index is 4.60. The van der Waals surface area contributed by atoms with E-state index in [1.54, 1.807) is 11.3 Å². The minimum Gasteiger partial charge on any atom is -0.345 e. The number of hydrogen-bond acceptors (Lipinski definition) is 3. The molecule has 0 aliphatic rings. The number of imidazole rings is 1. The predicted molar refractivity (Wildman–Crippen MR) is 129 cm³/mol. The van der Waals surface area contributed by atoms with Crippen LogP contribution in [0.4, 0.5) is 0 Å². The average molecular weight is 615 g/mol. The Hall–Kier alpha value is -2.50. The number of rotatable bonds is 2. The first-order chi connectivity index (χ1) is 14.8. The van der Waals surface area contributed by atoms with Crippen LogP contribution in [0.5, 0.6) is 0 Å². The van der Waals surface area contributed by atoms with Gasteiger partial charge in [0.15, 0.2) is 0 Å². The fraction of sp³-hybridized carbons (Fsp3) is 0.0800. The fourth-order valence-corrected chi connectivity index (χ4v) is 6.88. The first-order valence-electron chi connectivity index (χ1n) is 10.0. The summed E-state index contributed by atoms with van der Waals surface area (Å²) in [6, 6.07) is 21.2. The van der Waals surface area contributed by atoms with Crippen molar-refractivity contribution in [2.45, 2.75) is 13.5 Å². The van der Waals surface area contributed by atoms with Crippen LogP contribution < -0.4 is 0 Å². The normalized spacial score (nSPS) is 11.9. The van der Waals surface area contributed by atoms with Gasteiger partial charge in [-0.25, -0.2) is 11.3 Å². The van der Waals surface area contributed by atoms with Crippen molar-refractivity contribution in [2.24, 2.45) is 0 Å². The van der Waals surface area contributed by atoms with Crippen LogP contribution in [-0.2, 0) is 26.7 Å². The Bertz CT molecular complexity index is 1680. The molecule has 7 rings (SSSR count). The van der Waals surface area contributed by atoms with Gasteiger partial charge in [-0.15, -0.1) is 16.7 Å². The standard InChI is InChI=1S/C25H16N3S2.Ir/c1-2-27-19-8-4-3-6-15(19)22-16(7-5-9-20(22)27)21-14-18-23-17(10-13-29-23)24-26-11-12-28(24)25(18)30-21;/h3-9,11-14H,2H2,1H3;/q-1;. The summed E-state index contributed by atoms with van der Waals surface area (Å²) in [5, 5.41) is 7.12. The van der Waals surface area contributed by atoms with E-state index in [1.807, 2.05) is 22.9 Å². The largest absolute Gasteiger partial charge is 0.345 e. The molecular weight excluding hydrogens is 599 g/mol. The van der Waals surface area contributed by atoms with Gasteiger partial charge in [0.1, 0.15) is 0 Å². The smallest absolute Gasteiger partial charge is 0.0864 e. The monoisotopic (exact) mass is 615 g/mol. The maximum absolute atomic E-state index is 4.60. The van der Waals surface area contributed by atoms with Gasteiger partial charge in [0.2, 0.25) is 0 Å². The Morgan fingerprint density at radius 2 is 1.90 bits per heavy atom. The molecule has 3 nitrogen and oxygen atoms in total. The van der Waals surface area contributed by atoms with Crippen LogP contribution in [-0.4, -0.2) is 14.0 Å².